The summed E-state index contributed by atoms with van der Waals surface area (Å²) in [4.78, 5) is 22.8. The first-order valence-electron chi connectivity index (χ1n) is 5.73. The number of aryl methyl sites for hydroxylation is 1. The highest BCUT2D eigenvalue weighted by Crippen LogP contribution is 2.27. The zero-order valence-corrected chi connectivity index (χ0v) is 10.4. The number of hydrogen-bond donors (Lipinski definition) is 1. The van der Waals surface area contributed by atoms with Gasteiger partial charge in [0.15, 0.2) is 0 Å². The molecule has 1 saturated heterocycles. The van der Waals surface area contributed by atoms with Gasteiger partial charge in [-0.2, -0.15) is 0 Å². The molecule has 0 radical (unpaired) electrons. The van der Waals surface area contributed by atoms with Crippen molar-refractivity contribution >= 4 is 17.5 Å². The third-order valence-corrected chi connectivity index (χ3v) is 2.83. The lowest BCUT2D eigenvalue weighted by atomic mass is 10.2. The van der Waals surface area contributed by atoms with E-state index in [4.69, 9.17) is 9.84 Å². The highest BCUT2D eigenvalue weighted by atomic mass is 16.6. The van der Waals surface area contributed by atoms with Crippen molar-refractivity contribution < 1.29 is 19.6 Å². The summed E-state index contributed by atoms with van der Waals surface area (Å²) in [5.41, 5.74) is -0.0847. The number of anilines is 1. The highest BCUT2D eigenvalue weighted by molar-refractivity contribution is 5.67. The Bertz CT molecular complexity index is 500. The number of nitro groups is 1. The second-order valence-corrected chi connectivity index (χ2v) is 4.31. The van der Waals surface area contributed by atoms with Crippen molar-refractivity contribution in [2.75, 3.05) is 24.6 Å². The Morgan fingerprint density at radius 1 is 1.74 bits per heavy atom. The Kier molecular flexibility index (Phi) is 3.65. The smallest absolute Gasteiger partial charge is 0.330 e. The predicted molar refractivity (Wildman–Crippen MR) is 64.1 cm³/mol. The Hall–Kier alpha value is -2.16. The number of carbonyl (C=O) groups is 1. The van der Waals surface area contributed by atoms with E-state index >= 15 is 0 Å². The van der Waals surface area contributed by atoms with Crippen LogP contribution in [-0.2, 0) is 16.6 Å². The maximum Gasteiger partial charge on any atom is 0.330 e. The van der Waals surface area contributed by atoms with E-state index in [0.29, 0.717) is 13.2 Å². The number of ether oxygens (including phenoxy) is 1. The number of carboxylic acid groups (broad SMARTS) is 1. The van der Waals surface area contributed by atoms with Crippen molar-refractivity contribution in [1.29, 1.82) is 0 Å². The Morgan fingerprint density at radius 3 is 3.11 bits per heavy atom. The van der Waals surface area contributed by atoms with Crippen LogP contribution < -0.4 is 4.90 Å². The number of nitrogens with zero attached hydrogens (tertiary/aromatic N) is 4. The molecule has 2 rings (SSSR count). The van der Waals surface area contributed by atoms with E-state index in [9.17, 15) is 14.9 Å². The monoisotopic (exact) mass is 270 g/mol. The first-order chi connectivity index (χ1) is 8.97. The van der Waals surface area contributed by atoms with Crippen LogP contribution in [0.1, 0.15) is 6.42 Å². The fourth-order valence-electron chi connectivity index (χ4n) is 2.05. The average Bonchev–Trinajstić information content (AvgIpc) is 2.71. The molecule has 0 saturated carbocycles. The van der Waals surface area contributed by atoms with Gasteiger partial charge in [-0.1, -0.05) is 0 Å². The molecule has 1 aromatic rings. The Morgan fingerprint density at radius 2 is 2.47 bits per heavy atom. The number of morpholine rings is 1. The normalized spacial score (nSPS) is 19.4. The zero-order chi connectivity index (χ0) is 14.0. The molecule has 0 amide bonds. The van der Waals surface area contributed by atoms with Crippen molar-refractivity contribution in [2.45, 2.75) is 12.5 Å². The Balaban J connectivity index is 2.17. The van der Waals surface area contributed by atoms with Gasteiger partial charge in [0.1, 0.15) is 6.20 Å². The first-order valence-corrected chi connectivity index (χ1v) is 5.73. The van der Waals surface area contributed by atoms with Gasteiger partial charge in [0.2, 0.25) is 5.82 Å². The zero-order valence-electron chi connectivity index (χ0n) is 10.4. The fourth-order valence-corrected chi connectivity index (χ4v) is 2.05. The molecule has 104 valence electrons. The molecule has 0 spiro atoms. The molecule has 1 aromatic heterocycles. The van der Waals surface area contributed by atoms with Gasteiger partial charge < -0.3 is 14.7 Å². The van der Waals surface area contributed by atoms with E-state index in [2.05, 4.69) is 5.10 Å². The lowest BCUT2D eigenvalue weighted by molar-refractivity contribution is -0.384. The number of rotatable bonds is 4. The van der Waals surface area contributed by atoms with E-state index in [0.717, 1.165) is 0 Å². The van der Waals surface area contributed by atoms with Crippen LogP contribution >= 0.6 is 0 Å². The largest absolute Gasteiger partial charge is 0.481 e. The number of aliphatic carboxylic acids is 1. The minimum atomic E-state index is -0.956. The molecule has 1 unspecified atom stereocenters. The lowest BCUT2D eigenvalue weighted by Crippen LogP contribution is -2.43. The number of carboxylic acids is 1. The summed E-state index contributed by atoms with van der Waals surface area (Å²) in [6.07, 6.45) is 0.724. The van der Waals surface area contributed by atoms with E-state index in [-0.39, 0.29) is 24.5 Å². The predicted octanol–water partition coefficient (Wildman–Crippen LogP) is 0.00820. The average molecular weight is 270 g/mol. The maximum absolute atomic E-state index is 10.9. The molecular weight excluding hydrogens is 256 g/mol. The van der Waals surface area contributed by atoms with Crippen LogP contribution in [-0.4, -0.2) is 51.6 Å². The van der Waals surface area contributed by atoms with Crippen LogP contribution in [0.2, 0.25) is 0 Å². The molecule has 0 aliphatic carbocycles. The van der Waals surface area contributed by atoms with Crippen molar-refractivity contribution in [2.24, 2.45) is 7.05 Å². The summed E-state index contributed by atoms with van der Waals surface area (Å²) in [6.45, 7) is 1.06. The molecule has 9 heteroatoms. The quantitative estimate of drug-likeness (QED) is 0.605. The van der Waals surface area contributed by atoms with Gasteiger partial charge in [0.25, 0.3) is 0 Å². The topological polar surface area (TPSA) is 111 Å². The molecular formula is C10H14N4O5. The molecule has 1 atom stereocenters. The van der Waals surface area contributed by atoms with E-state index in [1.54, 1.807) is 11.9 Å². The van der Waals surface area contributed by atoms with Gasteiger partial charge in [-0.05, 0) is 0 Å². The summed E-state index contributed by atoms with van der Waals surface area (Å²) in [5, 5.41) is 23.7. The second kappa shape index (κ2) is 5.22. The standard InChI is InChI=1S/C10H14N4O5/c1-12-6-8(14(17)18)10(11-12)13-2-3-19-7(5-13)4-9(15)16/h6-7H,2-5H2,1H3,(H,15,16). The third kappa shape index (κ3) is 2.99. The summed E-state index contributed by atoms with van der Waals surface area (Å²) in [7, 11) is 1.60. The lowest BCUT2D eigenvalue weighted by Gasteiger charge is -2.31. The maximum atomic E-state index is 10.9. The second-order valence-electron chi connectivity index (χ2n) is 4.31. The summed E-state index contributed by atoms with van der Waals surface area (Å²) >= 11 is 0. The van der Waals surface area contributed by atoms with Crippen LogP contribution in [0.4, 0.5) is 11.5 Å². The molecule has 2 heterocycles. The van der Waals surface area contributed by atoms with Crippen LogP contribution in [0.25, 0.3) is 0 Å². The molecule has 0 aromatic carbocycles. The van der Waals surface area contributed by atoms with E-state index in [1.165, 1.54) is 10.9 Å². The number of hydrogen-bond acceptors (Lipinski definition) is 6. The Labute approximate surface area is 108 Å². The summed E-state index contributed by atoms with van der Waals surface area (Å²) in [6, 6.07) is 0. The van der Waals surface area contributed by atoms with Crippen LogP contribution in [0, 0.1) is 10.1 Å². The van der Waals surface area contributed by atoms with Crippen molar-refractivity contribution in [3.05, 3.63) is 16.3 Å². The van der Waals surface area contributed by atoms with Crippen LogP contribution in [0.5, 0.6) is 0 Å². The van der Waals surface area contributed by atoms with Gasteiger partial charge in [-0.3, -0.25) is 19.6 Å². The molecule has 1 aliphatic rings. The minimum Gasteiger partial charge on any atom is -0.481 e. The molecule has 9 nitrogen and oxygen atoms in total. The van der Waals surface area contributed by atoms with Crippen LogP contribution in [0.3, 0.4) is 0 Å². The van der Waals surface area contributed by atoms with Gasteiger partial charge in [0, 0.05) is 20.1 Å². The fraction of sp³-hybridized carbons (Fsp3) is 0.600. The van der Waals surface area contributed by atoms with Gasteiger partial charge in [-0.25, -0.2) is 0 Å². The van der Waals surface area contributed by atoms with E-state index < -0.39 is 17.0 Å². The van der Waals surface area contributed by atoms with Crippen LogP contribution in [0.15, 0.2) is 6.20 Å². The number of aromatic nitrogens is 2. The molecule has 19 heavy (non-hydrogen) atoms. The first kappa shape index (κ1) is 13.3. The van der Waals surface area contributed by atoms with Crippen molar-refractivity contribution in [1.82, 2.24) is 9.78 Å². The molecule has 0 bridgehead atoms. The van der Waals surface area contributed by atoms with Gasteiger partial charge >= 0.3 is 11.7 Å². The van der Waals surface area contributed by atoms with Crippen molar-refractivity contribution in [3.63, 3.8) is 0 Å². The van der Waals surface area contributed by atoms with Gasteiger partial charge in [0.05, 0.1) is 24.1 Å². The van der Waals surface area contributed by atoms with Crippen molar-refractivity contribution in [3.8, 4) is 0 Å². The minimum absolute atomic E-state index is 0.0847. The summed E-state index contributed by atoms with van der Waals surface area (Å²) < 4.78 is 6.69. The molecule has 1 aliphatic heterocycles. The molecule has 1 N–H and O–H groups in total. The summed E-state index contributed by atoms with van der Waals surface area (Å²) in [5.74, 6) is -0.700. The van der Waals surface area contributed by atoms with Gasteiger partial charge in [-0.15, -0.1) is 5.10 Å². The third-order valence-electron chi connectivity index (χ3n) is 2.83. The van der Waals surface area contributed by atoms with E-state index in [1.807, 2.05) is 0 Å². The SMILES string of the molecule is Cn1cc([N+](=O)[O-])c(N2CCOC(CC(=O)O)C2)n1. The molecule has 1 fully saturated rings. The highest BCUT2D eigenvalue weighted by Gasteiger charge is 2.29.